The average Bonchev–Trinajstić information content (AvgIpc) is 2.45. The molecule has 0 saturated carbocycles. The predicted molar refractivity (Wildman–Crippen MR) is 80.1 cm³/mol. The molecule has 0 spiro atoms. The van der Waals surface area contributed by atoms with Crippen LogP contribution in [0.3, 0.4) is 0 Å². The number of amides is 1. The molecule has 1 saturated heterocycles. The number of likely N-dealkylation sites (N-methyl/N-ethyl adjacent to an activating group) is 2. The summed E-state index contributed by atoms with van der Waals surface area (Å²) < 4.78 is 0. The second-order valence-electron chi connectivity index (χ2n) is 5.47. The fourth-order valence-electron chi connectivity index (χ4n) is 2.75. The number of carbonyl (C=O) groups is 1. The summed E-state index contributed by atoms with van der Waals surface area (Å²) in [6, 6.07) is 4.52. The van der Waals surface area contributed by atoms with E-state index < -0.39 is 4.92 Å². The molecule has 1 fully saturated rings. The van der Waals surface area contributed by atoms with E-state index in [0.717, 1.165) is 25.9 Å². The highest BCUT2D eigenvalue weighted by Crippen LogP contribution is 2.28. The van der Waals surface area contributed by atoms with E-state index in [0.29, 0.717) is 0 Å². The Morgan fingerprint density at radius 3 is 2.86 bits per heavy atom. The molecular formula is C14H20N4O3. The molecule has 2 rings (SSSR count). The molecule has 114 valence electrons. The first-order chi connectivity index (χ1) is 9.91. The third-order valence-electron chi connectivity index (χ3n) is 3.95. The van der Waals surface area contributed by atoms with Crippen molar-refractivity contribution in [1.82, 2.24) is 9.80 Å². The van der Waals surface area contributed by atoms with Crippen LogP contribution in [0.15, 0.2) is 18.2 Å². The van der Waals surface area contributed by atoms with Crippen molar-refractivity contribution < 1.29 is 9.72 Å². The first kappa shape index (κ1) is 15.2. The lowest BCUT2D eigenvalue weighted by Crippen LogP contribution is -2.47. The van der Waals surface area contributed by atoms with Gasteiger partial charge < -0.3 is 15.5 Å². The Balaban J connectivity index is 2.27. The SMILES string of the molecule is CN1CCCC(N(C)C(=O)c2cccc(N)c2[N+](=O)[O-])C1. The highest BCUT2D eigenvalue weighted by atomic mass is 16.6. The number of anilines is 1. The highest BCUT2D eigenvalue weighted by molar-refractivity contribution is 6.00. The summed E-state index contributed by atoms with van der Waals surface area (Å²) >= 11 is 0. The van der Waals surface area contributed by atoms with E-state index in [1.54, 1.807) is 18.0 Å². The van der Waals surface area contributed by atoms with Crippen LogP contribution in [0.5, 0.6) is 0 Å². The van der Waals surface area contributed by atoms with Crippen molar-refractivity contribution in [3.63, 3.8) is 0 Å². The number of nitrogen functional groups attached to an aromatic ring is 1. The van der Waals surface area contributed by atoms with Crippen LogP contribution in [0.4, 0.5) is 11.4 Å². The third kappa shape index (κ3) is 3.13. The van der Waals surface area contributed by atoms with Crippen LogP contribution >= 0.6 is 0 Å². The number of nitro groups is 1. The van der Waals surface area contributed by atoms with Gasteiger partial charge >= 0.3 is 5.69 Å². The number of hydrogen-bond acceptors (Lipinski definition) is 5. The monoisotopic (exact) mass is 292 g/mol. The molecule has 1 amide bonds. The van der Waals surface area contributed by atoms with Gasteiger partial charge in [-0.25, -0.2) is 0 Å². The van der Waals surface area contributed by atoms with E-state index in [9.17, 15) is 14.9 Å². The standard InChI is InChI=1S/C14H20N4O3/c1-16-8-4-5-10(9-16)17(2)14(19)11-6-3-7-12(15)13(11)18(20)21/h3,6-7,10H,4-5,8-9,15H2,1-2H3. The zero-order valence-corrected chi connectivity index (χ0v) is 12.3. The topological polar surface area (TPSA) is 92.7 Å². The van der Waals surface area contributed by atoms with Crippen LogP contribution < -0.4 is 5.73 Å². The largest absolute Gasteiger partial charge is 0.393 e. The van der Waals surface area contributed by atoms with Crippen molar-refractivity contribution in [3.05, 3.63) is 33.9 Å². The van der Waals surface area contributed by atoms with Gasteiger partial charge in [-0.1, -0.05) is 6.07 Å². The van der Waals surface area contributed by atoms with Gasteiger partial charge in [0.1, 0.15) is 11.3 Å². The quantitative estimate of drug-likeness (QED) is 0.515. The van der Waals surface area contributed by atoms with Crippen LogP contribution in [0.1, 0.15) is 23.2 Å². The zero-order chi connectivity index (χ0) is 15.6. The van der Waals surface area contributed by atoms with Gasteiger partial charge in [0, 0.05) is 19.6 Å². The molecule has 0 radical (unpaired) electrons. The summed E-state index contributed by atoms with van der Waals surface area (Å²) in [4.78, 5) is 26.9. The lowest BCUT2D eigenvalue weighted by Gasteiger charge is -2.35. The van der Waals surface area contributed by atoms with Crippen LogP contribution in [-0.2, 0) is 0 Å². The maximum atomic E-state index is 12.6. The Morgan fingerprint density at radius 2 is 2.24 bits per heavy atom. The second kappa shape index (κ2) is 6.09. The molecule has 1 aromatic carbocycles. The lowest BCUT2D eigenvalue weighted by atomic mass is 10.0. The van der Waals surface area contributed by atoms with Gasteiger partial charge in [0.2, 0.25) is 0 Å². The van der Waals surface area contributed by atoms with Gasteiger partial charge in [-0.15, -0.1) is 0 Å². The maximum absolute atomic E-state index is 12.6. The summed E-state index contributed by atoms with van der Waals surface area (Å²) in [6.07, 6.45) is 1.92. The Kier molecular flexibility index (Phi) is 4.42. The number of hydrogen-bond donors (Lipinski definition) is 1. The Labute approximate surface area is 123 Å². The molecule has 7 nitrogen and oxygen atoms in total. The fourth-order valence-corrected chi connectivity index (χ4v) is 2.75. The first-order valence-corrected chi connectivity index (χ1v) is 6.90. The second-order valence-corrected chi connectivity index (χ2v) is 5.47. The summed E-state index contributed by atoms with van der Waals surface area (Å²) in [5.74, 6) is -0.352. The third-order valence-corrected chi connectivity index (χ3v) is 3.95. The van der Waals surface area contributed by atoms with E-state index in [2.05, 4.69) is 4.90 Å². The number of piperidine rings is 1. The maximum Gasteiger partial charge on any atom is 0.304 e. The highest BCUT2D eigenvalue weighted by Gasteiger charge is 2.30. The van der Waals surface area contributed by atoms with E-state index >= 15 is 0 Å². The molecule has 1 aliphatic heterocycles. The minimum Gasteiger partial charge on any atom is -0.393 e. The van der Waals surface area contributed by atoms with E-state index in [-0.39, 0.29) is 28.9 Å². The average molecular weight is 292 g/mol. The van der Waals surface area contributed by atoms with Crippen LogP contribution in [0.2, 0.25) is 0 Å². The van der Waals surface area contributed by atoms with Crippen LogP contribution in [-0.4, -0.2) is 53.9 Å². The fraction of sp³-hybridized carbons (Fsp3) is 0.500. The number of likely N-dealkylation sites (tertiary alicyclic amines) is 1. The number of nitrogens with two attached hydrogens (primary N) is 1. The smallest absolute Gasteiger partial charge is 0.304 e. The molecule has 1 aromatic rings. The molecule has 0 aliphatic carbocycles. The summed E-state index contributed by atoms with van der Waals surface area (Å²) in [5.41, 5.74) is 5.40. The summed E-state index contributed by atoms with van der Waals surface area (Å²) in [6.45, 7) is 1.79. The molecule has 2 N–H and O–H groups in total. The van der Waals surface area contributed by atoms with Crippen LogP contribution in [0, 0.1) is 10.1 Å². The lowest BCUT2D eigenvalue weighted by molar-refractivity contribution is -0.384. The van der Waals surface area contributed by atoms with E-state index in [1.807, 2.05) is 7.05 Å². The Hall–Kier alpha value is -2.15. The van der Waals surface area contributed by atoms with Gasteiger partial charge in [0.05, 0.1) is 4.92 Å². The normalized spacial score (nSPS) is 19.2. The predicted octanol–water partition coefficient (Wildman–Crippen LogP) is 1.34. The molecule has 1 heterocycles. The molecular weight excluding hydrogens is 272 g/mol. The van der Waals surface area contributed by atoms with Crippen molar-refractivity contribution in [2.24, 2.45) is 0 Å². The van der Waals surface area contributed by atoms with E-state index in [1.165, 1.54) is 12.1 Å². The van der Waals surface area contributed by atoms with Gasteiger partial charge in [0.15, 0.2) is 0 Å². The van der Waals surface area contributed by atoms with Crippen molar-refractivity contribution in [2.75, 3.05) is 32.9 Å². The molecule has 7 heteroatoms. The minimum atomic E-state index is -0.594. The number of benzene rings is 1. The number of nitrogens with zero attached hydrogens (tertiary/aromatic N) is 3. The van der Waals surface area contributed by atoms with Gasteiger partial charge in [0.25, 0.3) is 5.91 Å². The first-order valence-electron chi connectivity index (χ1n) is 6.90. The van der Waals surface area contributed by atoms with Gasteiger partial charge in [-0.3, -0.25) is 14.9 Å². The van der Waals surface area contributed by atoms with Gasteiger partial charge in [-0.05, 0) is 38.6 Å². The molecule has 21 heavy (non-hydrogen) atoms. The van der Waals surface area contributed by atoms with Crippen molar-refractivity contribution in [3.8, 4) is 0 Å². The zero-order valence-electron chi connectivity index (χ0n) is 12.3. The minimum absolute atomic E-state index is 0.0139. The van der Waals surface area contributed by atoms with Crippen molar-refractivity contribution in [1.29, 1.82) is 0 Å². The summed E-state index contributed by atoms with van der Waals surface area (Å²) in [7, 11) is 3.70. The molecule has 1 aliphatic rings. The van der Waals surface area contributed by atoms with E-state index in [4.69, 9.17) is 5.73 Å². The van der Waals surface area contributed by atoms with Gasteiger partial charge in [-0.2, -0.15) is 0 Å². The number of rotatable bonds is 3. The van der Waals surface area contributed by atoms with Crippen molar-refractivity contribution in [2.45, 2.75) is 18.9 Å². The van der Waals surface area contributed by atoms with Crippen LogP contribution in [0.25, 0.3) is 0 Å². The number of nitro benzene ring substituents is 1. The number of para-hydroxylation sites is 1. The molecule has 1 unspecified atom stereocenters. The molecule has 0 bridgehead atoms. The Bertz CT molecular complexity index is 561. The Morgan fingerprint density at radius 1 is 1.52 bits per heavy atom. The molecule has 0 aromatic heterocycles. The summed E-state index contributed by atoms with van der Waals surface area (Å²) in [5, 5.41) is 11.1. The molecule has 1 atom stereocenters. The number of carbonyl (C=O) groups excluding carboxylic acids is 1. The van der Waals surface area contributed by atoms with Crippen molar-refractivity contribution >= 4 is 17.3 Å².